The Labute approximate surface area is 123 Å². The second-order valence-electron chi connectivity index (χ2n) is 7.26. The van der Waals surface area contributed by atoms with Gasteiger partial charge in [0.1, 0.15) is 11.8 Å². The molecule has 3 heteroatoms. The van der Waals surface area contributed by atoms with Crippen molar-refractivity contribution in [2.45, 2.75) is 64.6 Å². The highest BCUT2D eigenvalue weighted by Gasteiger charge is 2.40. The SMILES string of the molecule is CC(C)(C)[Si](C)(C)Oc1c(C#N)ccc2c1CCCC2. The van der Waals surface area contributed by atoms with E-state index in [1.807, 2.05) is 6.07 Å². The third-order valence-corrected chi connectivity index (χ3v) is 9.09. The molecule has 0 unspecified atom stereocenters. The zero-order chi connectivity index (χ0) is 15.0. The summed E-state index contributed by atoms with van der Waals surface area (Å²) >= 11 is 0. The summed E-state index contributed by atoms with van der Waals surface area (Å²) in [5.41, 5.74) is 3.37. The lowest BCUT2D eigenvalue weighted by atomic mass is 9.89. The van der Waals surface area contributed by atoms with E-state index in [1.54, 1.807) is 0 Å². The maximum atomic E-state index is 9.41. The maximum absolute atomic E-state index is 9.41. The summed E-state index contributed by atoms with van der Waals surface area (Å²) in [5, 5.41) is 9.56. The van der Waals surface area contributed by atoms with E-state index >= 15 is 0 Å². The van der Waals surface area contributed by atoms with Crippen LogP contribution in [0.3, 0.4) is 0 Å². The third kappa shape index (κ3) is 2.76. The molecule has 0 bridgehead atoms. The van der Waals surface area contributed by atoms with Gasteiger partial charge in [-0.25, -0.2) is 0 Å². The highest BCUT2D eigenvalue weighted by molar-refractivity contribution is 6.74. The van der Waals surface area contributed by atoms with Crippen molar-refractivity contribution in [1.82, 2.24) is 0 Å². The van der Waals surface area contributed by atoms with Crippen LogP contribution in [0.1, 0.15) is 50.3 Å². The van der Waals surface area contributed by atoms with E-state index in [9.17, 15) is 5.26 Å². The fraction of sp³-hybridized carbons (Fsp3) is 0.588. The molecule has 2 nitrogen and oxygen atoms in total. The summed E-state index contributed by atoms with van der Waals surface area (Å²) in [6.45, 7) is 11.2. The quantitative estimate of drug-likeness (QED) is 0.730. The molecular weight excluding hydrogens is 262 g/mol. The Morgan fingerprint density at radius 2 is 1.80 bits per heavy atom. The van der Waals surface area contributed by atoms with Gasteiger partial charge in [-0.1, -0.05) is 26.8 Å². The number of hydrogen-bond donors (Lipinski definition) is 0. The van der Waals surface area contributed by atoms with Crippen LogP contribution in [0.4, 0.5) is 0 Å². The molecular formula is C17H25NOSi. The first-order chi connectivity index (χ1) is 9.26. The van der Waals surface area contributed by atoms with E-state index < -0.39 is 8.32 Å². The summed E-state index contributed by atoms with van der Waals surface area (Å²) < 4.78 is 6.50. The predicted molar refractivity (Wildman–Crippen MR) is 85.6 cm³/mol. The van der Waals surface area contributed by atoms with Gasteiger partial charge < -0.3 is 4.43 Å². The molecule has 0 fully saturated rings. The van der Waals surface area contributed by atoms with Crippen LogP contribution in [-0.2, 0) is 12.8 Å². The van der Waals surface area contributed by atoms with Crippen LogP contribution in [0.2, 0.25) is 18.1 Å². The van der Waals surface area contributed by atoms with E-state index in [0.717, 1.165) is 18.6 Å². The van der Waals surface area contributed by atoms with Crippen molar-refractivity contribution in [3.05, 3.63) is 28.8 Å². The molecule has 1 aliphatic rings. The third-order valence-electron chi connectivity index (χ3n) is 4.76. The average molecular weight is 287 g/mol. The topological polar surface area (TPSA) is 33.0 Å². The van der Waals surface area contributed by atoms with Gasteiger partial charge in [0.15, 0.2) is 0 Å². The summed E-state index contributed by atoms with van der Waals surface area (Å²) in [5.74, 6) is 0.885. The number of aryl methyl sites for hydroxylation is 1. The molecule has 1 aromatic carbocycles. The molecule has 0 spiro atoms. The van der Waals surface area contributed by atoms with E-state index in [2.05, 4.69) is 46.0 Å². The Balaban J connectivity index is 2.48. The molecule has 0 amide bonds. The molecule has 0 aliphatic heterocycles. The van der Waals surface area contributed by atoms with Gasteiger partial charge in [0.25, 0.3) is 8.32 Å². The monoisotopic (exact) mass is 287 g/mol. The summed E-state index contributed by atoms with van der Waals surface area (Å²) in [6, 6.07) is 6.37. The van der Waals surface area contributed by atoms with Crippen molar-refractivity contribution in [2.24, 2.45) is 0 Å². The second kappa shape index (κ2) is 5.25. The first-order valence-corrected chi connectivity index (χ1v) is 10.4. The van der Waals surface area contributed by atoms with Gasteiger partial charge in [-0.05, 0) is 61.0 Å². The molecule has 0 atom stereocenters. The van der Waals surface area contributed by atoms with Crippen LogP contribution < -0.4 is 4.43 Å². The fourth-order valence-electron chi connectivity index (χ4n) is 2.41. The van der Waals surface area contributed by atoms with Gasteiger partial charge >= 0.3 is 0 Å². The number of hydrogen-bond acceptors (Lipinski definition) is 2. The summed E-state index contributed by atoms with van der Waals surface area (Å²) in [7, 11) is -1.90. The molecule has 0 heterocycles. The highest BCUT2D eigenvalue weighted by atomic mass is 28.4. The van der Waals surface area contributed by atoms with Gasteiger partial charge in [0.2, 0.25) is 0 Å². The Bertz CT molecular complexity index is 549. The number of nitrogens with zero attached hydrogens (tertiary/aromatic N) is 1. The second-order valence-corrected chi connectivity index (χ2v) is 12.0. The predicted octanol–water partition coefficient (Wildman–Crippen LogP) is 4.82. The lowest BCUT2D eigenvalue weighted by molar-refractivity contribution is 0.480. The van der Waals surface area contributed by atoms with Gasteiger partial charge in [-0.3, -0.25) is 0 Å². The Morgan fingerprint density at radius 3 is 2.40 bits per heavy atom. The molecule has 1 aliphatic carbocycles. The lowest BCUT2D eigenvalue weighted by Gasteiger charge is -2.38. The summed E-state index contributed by atoms with van der Waals surface area (Å²) in [4.78, 5) is 0. The smallest absolute Gasteiger partial charge is 0.250 e. The standard InChI is InChI=1S/C17H25NOSi/c1-17(2,3)20(4,5)19-16-14(12-18)11-10-13-8-6-7-9-15(13)16/h10-11H,6-9H2,1-5H3. The zero-order valence-electron chi connectivity index (χ0n) is 13.3. The van der Waals surface area contributed by atoms with Crippen LogP contribution >= 0.6 is 0 Å². The molecule has 20 heavy (non-hydrogen) atoms. The van der Waals surface area contributed by atoms with E-state index in [4.69, 9.17) is 4.43 Å². The molecule has 0 N–H and O–H groups in total. The number of fused-ring (bicyclic) bond motifs is 1. The molecule has 108 valence electrons. The van der Waals surface area contributed by atoms with Crippen molar-refractivity contribution >= 4 is 8.32 Å². The fourth-order valence-corrected chi connectivity index (χ4v) is 3.46. The molecule has 0 saturated carbocycles. The molecule has 2 rings (SSSR count). The number of benzene rings is 1. The van der Waals surface area contributed by atoms with Gasteiger partial charge in [0, 0.05) is 0 Å². The van der Waals surface area contributed by atoms with Crippen molar-refractivity contribution in [3.8, 4) is 11.8 Å². The first-order valence-electron chi connectivity index (χ1n) is 7.50. The average Bonchev–Trinajstić information content (AvgIpc) is 2.37. The molecule has 0 saturated heterocycles. The maximum Gasteiger partial charge on any atom is 0.250 e. The molecule has 1 aromatic rings. The largest absolute Gasteiger partial charge is 0.542 e. The zero-order valence-corrected chi connectivity index (χ0v) is 14.3. The molecule has 0 radical (unpaired) electrons. The Morgan fingerprint density at radius 1 is 1.15 bits per heavy atom. The van der Waals surface area contributed by atoms with E-state index in [0.29, 0.717) is 5.56 Å². The van der Waals surface area contributed by atoms with Crippen LogP contribution in [0.25, 0.3) is 0 Å². The van der Waals surface area contributed by atoms with Crippen LogP contribution in [0.5, 0.6) is 5.75 Å². The van der Waals surface area contributed by atoms with Crippen molar-refractivity contribution < 1.29 is 4.43 Å². The van der Waals surface area contributed by atoms with Gasteiger partial charge in [-0.2, -0.15) is 5.26 Å². The van der Waals surface area contributed by atoms with Gasteiger partial charge in [-0.15, -0.1) is 0 Å². The highest BCUT2D eigenvalue weighted by Crippen LogP contribution is 2.41. The van der Waals surface area contributed by atoms with Crippen LogP contribution in [0.15, 0.2) is 12.1 Å². The van der Waals surface area contributed by atoms with Gasteiger partial charge in [0.05, 0.1) is 5.56 Å². The van der Waals surface area contributed by atoms with Crippen molar-refractivity contribution in [2.75, 3.05) is 0 Å². The lowest BCUT2D eigenvalue weighted by Crippen LogP contribution is -2.44. The Hall–Kier alpha value is -1.27. The molecule has 0 aromatic heterocycles. The minimum Gasteiger partial charge on any atom is -0.542 e. The number of rotatable bonds is 2. The number of nitriles is 1. The minimum absolute atomic E-state index is 0.150. The summed E-state index contributed by atoms with van der Waals surface area (Å²) in [6.07, 6.45) is 4.62. The van der Waals surface area contributed by atoms with Crippen molar-refractivity contribution in [3.63, 3.8) is 0 Å². The first kappa shape index (κ1) is 15.1. The van der Waals surface area contributed by atoms with E-state index in [1.165, 1.54) is 24.0 Å². The van der Waals surface area contributed by atoms with Crippen LogP contribution in [-0.4, -0.2) is 8.32 Å². The Kier molecular flexibility index (Phi) is 3.97. The van der Waals surface area contributed by atoms with Crippen LogP contribution in [0, 0.1) is 11.3 Å². The van der Waals surface area contributed by atoms with Crippen molar-refractivity contribution in [1.29, 1.82) is 5.26 Å². The minimum atomic E-state index is -1.90. The van der Waals surface area contributed by atoms with E-state index in [-0.39, 0.29) is 5.04 Å². The normalized spacial score (nSPS) is 15.4.